The number of hydrogen-bond donors (Lipinski definition) is 5. The standard InChI is InChI=1S/C24H32N6O2.C20H26N6O2.2CH4/c1-2-3-10-32-24-27-22(25)21-23(28-24)30(15-20(31)26-21)13-17-6-7-18-8-9-29(12-16-4-5-16)14-19(18)11-17;1-2-3-8-28-20-24-18(21)17-19(25-20)26(12-16(27)23-17)11-13-4-5-14-6-7-22-10-15(14)9-13;;/h6-7,11,16H,2-5,8-10,12-15H2,1H3,(H,26,31)(H2,25,27,28);4-5,9,22H,2-3,6-8,10-12H2,1H3,(H,23,27)(H2,21,24,25);2*1H4. The average molecular weight is 851 g/mol. The number of nitrogens with two attached hydrogens (primary N) is 2. The second-order valence-electron chi connectivity index (χ2n) is 16.5. The Morgan fingerprint density at radius 1 is 0.694 bits per heavy atom. The molecule has 62 heavy (non-hydrogen) atoms. The number of unbranched alkanes of at least 4 members (excludes halogenated alkanes) is 2. The van der Waals surface area contributed by atoms with Crippen LogP contribution in [-0.2, 0) is 48.6 Å². The van der Waals surface area contributed by atoms with E-state index >= 15 is 0 Å². The number of nitrogens with zero attached hydrogens (tertiary/aromatic N) is 7. The second-order valence-corrected chi connectivity index (χ2v) is 16.5. The number of nitrogens with one attached hydrogen (secondary N) is 3. The van der Waals surface area contributed by atoms with Crippen molar-refractivity contribution in [3.8, 4) is 12.0 Å². The molecule has 2 amide bonds. The van der Waals surface area contributed by atoms with Crippen LogP contribution < -0.4 is 46.7 Å². The molecule has 0 saturated heterocycles. The van der Waals surface area contributed by atoms with E-state index in [1.54, 1.807) is 0 Å². The van der Waals surface area contributed by atoms with Crippen molar-refractivity contribution in [1.82, 2.24) is 30.2 Å². The summed E-state index contributed by atoms with van der Waals surface area (Å²) in [6, 6.07) is 13.7. The topological polar surface area (TPSA) is 202 Å². The molecule has 334 valence electrons. The van der Waals surface area contributed by atoms with Gasteiger partial charge in [0.15, 0.2) is 23.3 Å². The molecular formula is C46H66N12O4. The summed E-state index contributed by atoms with van der Waals surface area (Å²) >= 11 is 0. The molecule has 9 rings (SSSR count). The number of aromatic nitrogens is 4. The molecule has 0 unspecified atom stereocenters. The number of ether oxygens (including phenoxy) is 2. The highest BCUT2D eigenvalue weighted by Crippen LogP contribution is 2.37. The molecule has 0 atom stereocenters. The van der Waals surface area contributed by atoms with Crippen molar-refractivity contribution in [2.24, 2.45) is 5.92 Å². The minimum absolute atomic E-state index is 0. The summed E-state index contributed by atoms with van der Waals surface area (Å²) in [4.78, 5) is 48.6. The van der Waals surface area contributed by atoms with Gasteiger partial charge in [-0.2, -0.15) is 19.9 Å². The SMILES string of the molecule is C.C.CCCCOc1nc(N)c2c(n1)N(Cc1ccc3c(c1)CN(CC1CC1)CC3)CC(=O)N2.CCCCOc1nc(N)c2c(n1)N(Cc1ccc3c(c1)CNCC3)CC(=O)N2. The van der Waals surface area contributed by atoms with E-state index in [-0.39, 0.29) is 63.4 Å². The third-order valence-electron chi connectivity index (χ3n) is 11.5. The maximum atomic E-state index is 12.4. The highest BCUT2D eigenvalue weighted by Gasteiger charge is 2.30. The second kappa shape index (κ2) is 20.9. The van der Waals surface area contributed by atoms with E-state index in [0.717, 1.165) is 76.2 Å². The molecule has 0 radical (unpaired) electrons. The van der Waals surface area contributed by atoms with Crippen LogP contribution in [0, 0.1) is 5.92 Å². The van der Waals surface area contributed by atoms with Gasteiger partial charge in [0.05, 0.1) is 26.3 Å². The maximum Gasteiger partial charge on any atom is 0.320 e. The molecule has 16 heteroatoms. The lowest BCUT2D eigenvalue weighted by molar-refractivity contribution is -0.116. The molecule has 4 aromatic rings. The average Bonchev–Trinajstić information content (AvgIpc) is 4.06. The molecule has 1 saturated carbocycles. The first kappa shape index (κ1) is 45.8. The van der Waals surface area contributed by atoms with E-state index in [2.05, 4.69) is 91.0 Å². The summed E-state index contributed by atoms with van der Waals surface area (Å²) in [5.41, 5.74) is 21.0. The fraction of sp³-hybridized carbons (Fsp3) is 0.522. The Labute approximate surface area is 366 Å². The molecule has 5 aliphatic rings. The Kier molecular flexibility index (Phi) is 15.4. The number of rotatable bonds is 14. The predicted molar refractivity (Wildman–Crippen MR) is 247 cm³/mol. The molecule has 2 aromatic heterocycles. The quantitative estimate of drug-likeness (QED) is 0.0914. The van der Waals surface area contributed by atoms with E-state index in [0.29, 0.717) is 49.3 Å². The first-order chi connectivity index (χ1) is 29.2. The van der Waals surface area contributed by atoms with Gasteiger partial charge in [0.1, 0.15) is 11.4 Å². The van der Waals surface area contributed by atoms with Crippen LogP contribution in [0.4, 0.5) is 34.6 Å². The highest BCUT2D eigenvalue weighted by atomic mass is 16.5. The summed E-state index contributed by atoms with van der Waals surface area (Å²) in [6.45, 7) is 12.2. The summed E-state index contributed by atoms with van der Waals surface area (Å²) in [6.07, 6.45) is 8.82. The molecule has 0 spiro atoms. The van der Waals surface area contributed by atoms with Crippen molar-refractivity contribution in [2.45, 2.75) is 106 Å². The number of carbonyl (C=O) groups excluding carboxylic acids is 2. The smallest absolute Gasteiger partial charge is 0.320 e. The molecule has 0 bridgehead atoms. The van der Waals surface area contributed by atoms with Gasteiger partial charge in [-0.25, -0.2) is 0 Å². The Hall–Kier alpha value is -5.74. The van der Waals surface area contributed by atoms with Crippen molar-refractivity contribution in [2.75, 3.05) is 77.8 Å². The molecule has 7 N–H and O–H groups in total. The van der Waals surface area contributed by atoms with E-state index in [1.165, 1.54) is 47.2 Å². The Morgan fingerprint density at radius 2 is 1.23 bits per heavy atom. The molecule has 1 fully saturated rings. The summed E-state index contributed by atoms with van der Waals surface area (Å²) in [5.74, 6) is 2.36. The Bertz CT molecular complexity index is 2200. The van der Waals surface area contributed by atoms with Gasteiger partial charge in [0, 0.05) is 39.3 Å². The van der Waals surface area contributed by atoms with Crippen LogP contribution >= 0.6 is 0 Å². The zero-order chi connectivity index (χ0) is 41.6. The van der Waals surface area contributed by atoms with E-state index in [4.69, 9.17) is 20.9 Å². The largest absolute Gasteiger partial charge is 0.463 e. The fourth-order valence-corrected chi connectivity index (χ4v) is 8.11. The summed E-state index contributed by atoms with van der Waals surface area (Å²) in [7, 11) is 0. The number of benzene rings is 2. The van der Waals surface area contributed by atoms with Crippen LogP contribution in [0.3, 0.4) is 0 Å². The van der Waals surface area contributed by atoms with Gasteiger partial charge >= 0.3 is 12.0 Å². The van der Waals surface area contributed by atoms with E-state index < -0.39 is 0 Å². The lowest BCUT2D eigenvalue weighted by Crippen LogP contribution is -2.39. The van der Waals surface area contributed by atoms with Gasteiger partial charge in [-0.3, -0.25) is 14.5 Å². The summed E-state index contributed by atoms with van der Waals surface area (Å²) in [5, 5.41) is 9.02. The Balaban J connectivity index is 0.000000202. The summed E-state index contributed by atoms with van der Waals surface area (Å²) < 4.78 is 11.3. The van der Waals surface area contributed by atoms with Gasteiger partial charge in [-0.15, -0.1) is 0 Å². The number of anilines is 6. The molecule has 2 aromatic carbocycles. The van der Waals surface area contributed by atoms with Crippen molar-refractivity contribution in [1.29, 1.82) is 0 Å². The van der Waals surface area contributed by atoms with E-state index in [9.17, 15) is 9.59 Å². The normalized spacial score (nSPS) is 16.4. The lowest BCUT2D eigenvalue weighted by Gasteiger charge is -2.32. The van der Waals surface area contributed by atoms with Gasteiger partial charge in [-0.1, -0.05) is 77.9 Å². The van der Waals surface area contributed by atoms with Crippen LogP contribution in [0.15, 0.2) is 36.4 Å². The zero-order valence-corrected chi connectivity index (χ0v) is 34.9. The van der Waals surface area contributed by atoms with E-state index in [1.807, 2.05) is 9.80 Å². The fourth-order valence-electron chi connectivity index (χ4n) is 8.11. The number of nitrogen functional groups attached to an aromatic ring is 2. The third-order valence-corrected chi connectivity index (χ3v) is 11.5. The third kappa shape index (κ3) is 11.2. The minimum atomic E-state index is -0.123. The van der Waals surface area contributed by atoms with Crippen LogP contribution in [0.1, 0.15) is 101 Å². The van der Waals surface area contributed by atoms with Crippen molar-refractivity contribution < 1.29 is 19.1 Å². The number of amides is 2. The van der Waals surface area contributed by atoms with Crippen molar-refractivity contribution >= 4 is 46.5 Å². The number of hydrogen-bond acceptors (Lipinski definition) is 14. The number of fused-ring (bicyclic) bond motifs is 4. The van der Waals surface area contributed by atoms with Crippen molar-refractivity contribution in [3.63, 3.8) is 0 Å². The monoisotopic (exact) mass is 851 g/mol. The predicted octanol–water partition coefficient (Wildman–Crippen LogP) is 6.08. The number of carbonyl (C=O) groups is 2. The van der Waals surface area contributed by atoms with Crippen LogP contribution in [0.25, 0.3) is 0 Å². The zero-order valence-electron chi connectivity index (χ0n) is 34.9. The van der Waals surface area contributed by atoms with Gasteiger partial charge in [0.25, 0.3) is 0 Å². The lowest BCUT2D eigenvalue weighted by atomic mass is 9.97. The van der Waals surface area contributed by atoms with Crippen LogP contribution in [-0.4, -0.2) is 82.6 Å². The molecular weight excluding hydrogens is 785 g/mol. The van der Waals surface area contributed by atoms with Gasteiger partial charge < -0.3 is 46.7 Å². The minimum Gasteiger partial charge on any atom is -0.463 e. The molecule has 1 aliphatic carbocycles. The molecule has 6 heterocycles. The van der Waals surface area contributed by atoms with Gasteiger partial charge in [-0.05, 0) is 84.4 Å². The first-order valence-electron chi connectivity index (χ1n) is 21.6. The van der Waals surface area contributed by atoms with Crippen LogP contribution in [0.5, 0.6) is 12.0 Å². The molecule has 4 aliphatic heterocycles. The first-order valence-corrected chi connectivity index (χ1v) is 21.6. The van der Waals surface area contributed by atoms with Gasteiger partial charge in [0.2, 0.25) is 11.8 Å². The maximum absolute atomic E-state index is 12.4. The van der Waals surface area contributed by atoms with Crippen LogP contribution in [0.2, 0.25) is 0 Å². The highest BCUT2D eigenvalue weighted by molar-refractivity contribution is 6.03. The molecule has 16 nitrogen and oxygen atoms in total. The Morgan fingerprint density at radius 3 is 1.76 bits per heavy atom. The van der Waals surface area contributed by atoms with Crippen molar-refractivity contribution in [3.05, 3.63) is 69.8 Å².